The minimum Gasteiger partial charge on any atom is -0.480 e. The summed E-state index contributed by atoms with van der Waals surface area (Å²) in [6.45, 7) is 3.69. The lowest BCUT2D eigenvalue weighted by Crippen LogP contribution is -2.46. The average Bonchev–Trinajstić information content (AvgIpc) is 2.44. The topological polar surface area (TPSA) is 66.4 Å². The Morgan fingerprint density at radius 3 is 2.23 bits per heavy atom. The van der Waals surface area contributed by atoms with E-state index in [-0.39, 0.29) is 5.92 Å². The zero-order valence-corrected chi connectivity index (χ0v) is 12.6. The first-order valence-electron chi connectivity index (χ1n) is 7.16. The molecule has 22 heavy (non-hydrogen) atoms. The second-order valence-electron chi connectivity index (χ2n) is 5.57. The molecule has 122 valence electrons. The molecule has 0 spiro atoms. The Labute approximate surface area is 128 Å². The van der Waals surface area contributed by atoms with Gasteiger partial charge in [0, 0.05) is 12.3 Å². The summed E-state index contributed by atoms with van der Waals surface area (Å²) in [6.07, 6.45) is -3.24. The highest BCUT2D eigenvalue weighted by molar-refractivity contribution is 5.85. The Balaban J connectivity index is 2.78. The number of carboxylic acids is 1. The van der Waals surface area contributed by atoms with Crippen molar-refractivity contribution in [1.29, 1.82) is 0 Å². The lowest BCUT2D eigenvalue weighted by molar-refractivity contribution is -0.144. The predicted molar refractivity (Wildman–Crippen MR) is 78.7 cm³/mol. The van der Waals surface area contributed by atoms with E-state index in [1.54, 1.807) is 0 Å². The van der Waals surface area contributed by atoms with Crippen molar-refractivity contribution in [2.75, 3.05) is 0 Å². The summed E-state index contributed by atoms with van der Waals surface area (Å²) in [6, 6.07) is 7.73. The van der Waals surface area contributed by atoms with Crippen molar-refractivity contribution in [1.82, 2.24) is 5.32 Å². The number of benzene rings is 1. The van der Waals surface area contributed by atoms with Gasteiger partial charge in [-0.25, -0.2) is 13.6 Å². The number of halogens is 2. The fourth-order valence-corrected chi connectivity index (χ4v) is 2.18. The third kappa shape index (κ3) is 5.79. The van der Waals surface area contributed by atoms with Crippen LogP contribution >= 0.6 is 0 Å². The maximum Gasteiger partial charge on any atom is 0.326 e. The van der Waals surface area contributed by atoms with Gasteiger partial charge < -0.3 is 10.4 Å². The fourth-order valence-electron chi connectivity index (χ4n) is 2.18. The van der Waals surface area contributed by atoms with Gasteiger partial charge in [0.15, 0.2) is 0 Å². The summed E-state index contributed by atoms with van der Waals surface area (Å²) in [5.74, 6) is -2.47. The molecule has 2 N–H and O–H groups in total. The number of hydrogen-bond acceptors (Lipinski definition) is 2. The molecule has 1 aromatic rings. The van der Waals surface area contributed by atoms with Crippen LogP contribution in [0.1, 0.15) is 25.8 Å². The zero-order valence-electron chi connectivity index (χ0n) is 12.6. The van der Waals surface area contributed by atoms with Gasteiger partial charge in [0.25, 0.3) is 0 Å². The van der Waals surface area contributed by atoms with Gasteiger partial charge >= 0.3 is 5.97 Å². The van der Waals surface area contributed by atoms with E-state index in [0.29, 0.717) is 6.42 Å². The second-order valence-corrected chi connectivity index (χ2v) is 5.57. The molecule has 0 saturated carbocycles. The quantitative estimate of drug-likeness (QED) is 0.775. The minimum absolute atomic E-state index is 0.0406. The molecule has 0 heterocycles. The highest BCUT2D eigenvalue weighted by atomic mass is 19.3. The van der Waals surface area contributed by atoms with Gasteiger partial charge in [-0.2, -0.15) is 0 Å². The van der Waals surface area contributed by atoms with E-state index in [1.165, 1.54) is 0 Å². The van der Waals surface area contributed by atoms with E-state index in [1.807, 2.05) is 44.2 Å². The zero-order chi connectivity index (χ0) is 16.7. The smallest absolute Gasteiger partial charge is 0.326 e. The Morgan fingerprint density at radius 2 is 1.77 bits per heavy atom. The number of carbonyl (C=O) groups is 2. The van der Waals surface area contributed by atoms with Crippen LogP contribution in [-0.2, 0) is 16.0 Å². The predicted octanol–water partition coefficient (Wildman–Crippen LogP) is 2.73. The van der Waals surface area contributed by atoms with Crippen LogP contribution in [0.25, 0.3) is 0 Å². The van der Waals surface area contributed by atoms with Crippen LogP contribution < -0.4 is 5.32 Å². The number of carbonyl (C=O) groups excluding carboxylic acids is 1. The number of amides is 1. The van der Waals surface area contributed by atoms with Crippen molar-refractivity contribution in [3.8, 4) is 0 Å². The fraction of sp³-hybridized carbons (Fsp3) is 0.500. The van der Waals surface area contributed by atoms with Crippen molar-refractivity contribution in [2.45, 2.75) is 39.2 Å². The van der Waals surface area contributed by atoms with Gasteiger partial charge in [-0.1, -0.05) is 44.2 Å². The van der Waals surface area contributed by atoms with E-state index in [9.17, 15) is 18.4 Å². The molecule has 1 amide bonds. The van der Waals surface area contributed by atoms with Gasteiger partial charge in [-0.15, -0.1) is 0 Å². The van der Waals surface area contributed by atoms with Crippen molar-refractivity contribution in [2.24, 2.45) is 11.8 Å². The molecule has 4 nitrogen and oxygen atoms in total. The van der Waals surface area contributed by atoms with Crippen LogP contribution in [0.4, 0.5) is 8.78 Å². The average molecular weight is 313 g/mol. The van der Waals surface area contributed by atoms with E-state index in [0.717, 1.165) is 5.56 Å². The Hall–Kier alpha value is -1.98. The summed E-state index contributed by atoms with van der Waals surface area (Å²) in [5, 5.41) is 11.2. The maximum absolute atomic E-state index is 12.4. The highest BCUT2D eigenvalue weighted by Crippen LogP contribution is 2.18. The first-order chi connectivity index (χ1) is 10.3. The Morgan fingerprint density at radius 1 is 1.18 bits per heavy atom. The monoisotopic (exact) mass is 313 g/mol. The molecule has 0 aliphatic rings. The van der Waals surface area contributed by atoms with Gasteiger partial charge in [0.05, 0.1) is 0 Å². The summed E-state index contributed by atoms with van der Waals surface area (Å²) < 4.78 is 24.8. The molecule has 0 fully saturated rings. The van der Waals surface area contributed by atoms with E-state index >= 15 is 0 Å². The van der Waals surface area contributed by atoms with Crippen molar-refractivity contribution < 1.29 is 23.5 Å². The Bertz CT molecular complexity index is 491. The normalized spacial score (nSPS) is 13.9. The molecular weight excluding hydrogens is 292 g/mol. The number of carboxylic acid groups (broad SMARTS) is 1. The number of hydrogen-bond donors (Lipinski definition) is 2. The molecule has 2 unspecified atom stereocenters. The lowest BCUT2D eigenvalue weighted by atomic mass is 9.88. The SMILES string of the molecule is CC(C)C(Cc1ccccc1)C(=O)NC(CC(F)F)C(=O)O. The highest BCUT2D eigenvalue weighted by Gasteiger charge is 2.29. The molecule has 2 atom stereocenters. The number of alkyl halides is 2. The first kappa shape index (κ1) is 18.1. The van der Waals surface area contributed by atoms with Crippen LogP contribution in [0.15, 0.2) is 30.3 Å². The summed E-state index contributed by atoms with van der Waals surface area (Å²) >= 11 is 0. The number of aliphatic carboxylic acids is 1. The van der Waals surface area contributed by atoms with Crippen LogP contribution in [0.2, 0.25) is 0 Å². The second kappa shape index (κ2) is 8.46. The molecule has 1 aromatic carbocycles. The van der Waals surface area contributed by atoms with E-state index in [2.05, 4.69) is 5.32 Å². The Kier molecular flexibility index (Phi) is 6.95. The standard InChI is InChI=1S/C16H21F2NO3/c1-10(2)12(8-11-6-4-3-5-7-11)15(20)19-13(16(21)22)9-14(17)18/h3-7,10,12-14H,8-9H2,1-2H3,(H,19,20)(H,21,22). The van der Waals surface area contributed by atoms with Crippen LogP contribution in [0.5, 0.6) is 0 Å². The van der Waals surface area contributed by atoms with Gasteiger partial charge in [0.1, 0.15) is 6.04 Å². The number of nitrogens with one attached hydrogen (secondary N) is 1. The van der Waals surface area contributed by atoms with Crippen molar-refractivity contribution in [3.05, 3.63) is 35.9 Å². The van der Waals surface area contributed by atoms with E-state index < -0.39 is 36.7 Å². The van der Waals surface area contributed by atoms with Gasteiger partial charge in [0.2, 0.25) is 12.3 Å². The summed E-state index contributed by atoms with van der Waals surface area (Å²) in [7, 11) is 0. The largest absolute Gasteiger partial charge is 0.480 e. The third-order valence-corrected chi connectivity index (χ3v) is 3.47. The molecule has 0 aliphatic carbocycles. The molecule has 1 rings (SSSR count). The van der Waals surface area contributed by atoms with Gasteiger partial charge in [-0.3, -0.25) is 4.79 Å². The number of rotatable bonds is 8. The first-order valence-corrected chi connectivity index (χ1v) is 7.16. The van der Waals surface area contributed by atoms with Crippen molar-refractivity contribution in [3.63, 3.8) is 0 Å². The molecule has 0 radical (unpaired) electrons. The minimum atomic E-state index is -2.78. The maximum atomic E-state index is 12.4. The lowest BCUT2D eigenvalue weighted by Gasteiger charge is -2.23. The molecule has 0 bridgehead atoms. The third-order valence-electron chi connectivity index (χ3n) is 3.47. The van der Waals surface area contributed by atoms with E-state index in [4.69, 9.17) is 5.11 Å². The molecular formula is C16H21F2NO3. The molecule has 0 aliphatic heterocycles. The van der Waals surface area contributed by atoms with Crippen LogP contribution in [0, 0.1) is 11.8 Å². The molecule has 6 heteroatoms. The molecule has 0 saturated heterocycles. The van der Waals surface area contributed by atoms with Crippen molar-refractivity contribution >= 4 is 11.9 Å². The van der Waals surface area contributed by atoms with Crippen LogP contribution in [-0.4, -0.2) is 29.5 Å². The summed E-state index contributed by atoms with van der Waals surface area (Å²) in [5.41, 5.74) is 0.942. The van der Waals surface area contributed by atoms with Crippen LogP contribution in [0.3, 0.4) is 0 Å². The van der Waals surface area contributed by atoms with Gasteiger partial charge in [-0.05, 0) is 17.9 Å². The summed E-state index contributed by atoms with van der Waals surface area (Å²) in [4.78, 5) is 23.2. The molecule has 0 aromatic heterocycles.